The van der Waals surface area contributed by atoms with Crippen LogP contribution in [-0.2, 0) is 4.79 Å². The number of hydrogen-bond donors (Lipinski definition) is 2. The second-order valence-electron chi connectivity index (χ2n) is 5.80. The molecule has 1 aliphatic heterocycles. The average Bonchev–Trinajstić information content (AvgIpc) is 2.47. The van der Waals surface area contributed by atoms with Gasteiger partial charge in [0.25, 0.3) is 0 Å². The van der Waals surface area contributed by atoms with E-state index in [4.69, 9.17) is 4.74 Å². The Bertz CT molecular complexity index is 689. The highest BCUT2D eigenvalue weighted by Crippen LogP contribution is 2.22. The van der Waals surface area contributed by atoms with Crippen LogP contribution in [0.3, 0.4) is 0 Å². The van der Waals surface area contributed by atoms with Gasteiger partial charge in [-0.25, -0.2) is 9.97 Å². The maximum absolute atomic E-state index is 12.2. The zero-order valence-electron chi connectivity index (χ0n) is 13.7. The number of carbonyl (C=O) groups is 1. The monoisotopic (exact) mass is 348 g/mol. The molecule has 0 radical (unpaired) electrons. The Balaban J connectivity index is 0.00000208. The number of carbonyl (C=O) groups excluding carboxylic acids is 1. The second kappa shape index (κ2) is 8.08. The van der Waals surface area contributed by atoms with Gasteiger partial charge in [0.2, 0.25) is 5.91 Å². The molecule has 1 unspecified atom stereocenters. The van der Waals surface area contributed by atoms with E-state index in [2.05, 4.69) is 20.6 Å². The van der Waals surface area contributed by atoms with Crippen molar-refractivity contribution in [3.63, 3.8) is 0 Å². The number of amides is 1. The van der Waals surface area contributed by atoms with E-state index in [1.54, 1.807) is 18.3 Å². The number of aryl methyl sites for hydroxylation is 1. The number of halogens is 1. The lowest BCUT2D eigenvalue weighted by molar-refractivity contribution is -0.121. The molecule has 0 bridgehead atoms. The van der Waals surface area contributed by atoms with Crippen molar-refractivity contribution in [1.29, 1.82) is 0 Å². The van der Waals surface area contributed by atoms with Crippen molar-refractivity contribution in [2.75, 3.05) is 18.4 Å². The molecule has 1 amide bonds. The molecular weight excluding hydrogens is 328 g/mol. The second-order valence-corrected chi connectivity index (χ2v) is 5.80. The van der Waals surface area contributed by atoms with Gasteiger partial charge in [-0.15, -0.1) is 12.4 Å². The third kappa shape index (κ3) is 4.43. The van der Waals surface area contributed by atoms with Crippen LogP contribution in [0, 0.1) is 18.8 Å². The third-order valence-corrected chi connectivity index (χ3v) is 4.04. The van der Waals surface area contributed by atoms with Gasteiger partial charge < -0.3 is 15.4 Å². The summed E-state index contributed by atoms with van der Waals surface area (Å²) in [7, 11) is 0. The van der Waals surface area contributed by atoms with Gasteiger partial charge in [0.15, 0.2) is 0 Å². The van der Waals surface area contributed by atoms with E-state index >= 15 is 0 Å². The molecule has 1 aromatic heterocycles. The molecule has 0 aliphatic carbocycles. The minimum absolute atomic E-state index is 0. The third-order valence-electron chi connectivity index (χ3n) is 4.04. The Labute approximate surface area is 147 Å². The van der Waals surface area contributed by atoms with E-state index in [0.29, 0.717) is 17.7 Å². The Morgan fingerprint density at radius 2 is 2.00 bits per heavy atom. The minimum atomic E-state index is 0. The maximum Gasteiger partial charge on any atom is 0.322 e. The van der Waals surface area contributed by atoms with Crippen LogP contribution < -0.4 is 15.4 Å². The molecule has 128 valence electrons. The van der Waals surface area contributed by atoms with E-state index in [0.717, 1.165) is 24.5 Å². The molecule has 1 aromatic carbocycles. The van der Waals surface area contributed by atoms with Crippen LogP contribution in [0.1, 0.15) is 12.6 Å². The summed E-state index contributed by atoms with van der Waals surface area (Å²) < 4.78 is 5.59. The summed E-state index contributed by atoms with van der Waals surface area (Å²) in [6.07, 6.45) is 1.66. The van der Waals surface area contributed by atoms with Gasteiger partial charge in [0, 0.05) is 23.5 Å². The predicted octanol–water partition coefficient (Wildman–Crippen LogP) is 2.79. The Morgan fingerprint density at radius 3 is 2.58 bits per heavy atom. The molecule has 1 aliphatic rings. The number of hydrogen-bond acceptors (Lipinski definition) is 5. The zero-order chi connectivity index (χ0) is 16.2. The molecular formula is C17H21ClN4O2. The van der Waals surface area contributed by atoms with Crippen LogP contribution in [0.5, 0.6) is 11.8 Å². The molecule has 1 atom stereocenters. The molecule has 24 heavy (non-hydrogen) atoms. The topological polar surface area (TPSA) is 76.1 Å². The number of ether oxygens (including phenoxy) is 1. The Hall–Kier alpha value is -2.18. The Morgan fingerprint density at radius 1 is 1.29 bits per heavy atom. The van der Waals surface area contributed by atoms with E-state index in [1.165, 1.54) is 0 Å². The van der Waals surface area contributed by atoms with Crippen molar-refractivity contribution in [2.24, 2.45) is 11.8 Å². The van der Waals surface area contributed by atoms with Crippen molar-refractivity contribution >= 4 is 24.0 Å². The van der Waals surface area contributed by atoms with Crippen LogP contribution in [0.15, 0.2) is 36.5 Å². The summed E-state index contributed by atoms with van der Waals surface area (Å²) in [6.45, 7) is 5.68. The van der Waals surface area contributed by atoms with Crippen molar-refractivity contribution < 1.29 is 9.53 Å². The quantitative estimate of drug-likeness (QED) is 0.869. The molecule has 6 nitrogen and oxygen atoms in total. The van der Waals surface area contributed by atoms with E-state index in [9.17, 15) is 4.79 Å². The molecule has 0 saturated carbocycles. The first kappa shape index (κ1) is 18.2. The van der Waals surface area contributed by atoms with Gasteiger partial charge in [-0.1, -0.05) is 6.92 Å². The summed E-state index contributed by atoms with van der Waals surface area (Å²) in [4.78, 5) is 20.4. The zero-order valence-corrected chi connectivity index (χ0v) is 14.5. The van der Waals surface area contributed by atoms with Crippen molar-refractivity contribution in [3.8, 4) is 11.8 Å². The fraction of sp³-hybridized carbons (Fsp3) is 0.353. The summed E-state index contributed by atoms with van der Waals surface area (Å²) in [5.41, 5.74) is 1.60. The highest BCUT2D eigenvalue weighted by Gasteiger charge is 2.28. The van der Waals surface area contributed by atoms with Crippen molar-refractivity contribution in [2.45, 2.75) is 13.8 Å². The molecule has 3 rings (SSSR count). The highest BCUT2D eigenvalue weighted by atomic mass is 35.5. The van der Waals surface area contributed by atoms with Gasteiger partial charge in [-0.3, -0.25) is 4.79 Å². The van der Waals surface area contributed by atoms with Crippen LogP contribution in [0.2, 0.25) is 0 Å². The van der Waals surface area contributed by atoms with Crippen molar-refractivity contribution in [3.05, 3.63) is 42.2 Å². The van der Waals surface area contributed by atoms with E-state index in [-0.39, 0.29) is 24.2 Å². The number of anilines is 1. The van der Waals surface area contributed by atoms with Crippen molar-refractivity contribution in [1.82, 2.24) is 15.3 Å². The van der Waals surface area contributed by atoms with E-state index < -0.39 is 0 Å². The van der Waals surface area contributed by atoms with Gasteiger partial charge in [0.1, 0.15) is 5.75 Å². The standard InChI is InChI=1S/C17H20N4O2.ClH/c1-11-7-8-19-17(20-11)23-15-5-3-14(4-6-15)21-16(22)12(2)13-9-18-10-13;/h3-8,12-13,18H,9-10H2,1-2H3,(H,21,22);1H. The molecule has 2 heterocycles. The predicted molar refractivity (Wildman–Crippen MR) is 94.7 cm³/mol. The fourth-order valence-corrected chi connectivity index (χ4v) is 2.32. The number of nitrogens with zero attached hydrogens (tertiary/aromatic N) is 2. The Kier molecular flexibility index (Phi) is 6.11. The lowest BCUT2D eigenvalue weighted by atomic mass is 9.88. The fourth-order valence-electron chi connectivity index (χ4n) is 2.32. The number of nitrogens with one attached hydrogen (secondary N) is 2. The van der Waals surface area contributed by atoms with Crippen LogP contribution >= 0.6 is 12.4 Å². The lowest BCUT2D eigenvalue weighted by Crippen LogP contribution is -2.48. The summed E-state index contributed by atoms with van der Waals surface area (Å²) in [5.74, 6) is 1.11. The maximum atomic E-state index is 12.2. The minimum Gasteiger partial charge on any atom is -0.424 e. The van der Waals surface area contributed by atoms with Crippen LogP contribution in [-0.4, -0.2) is 29.0 Å². The highest BCUT2D eigenvalue weighted by molar-refractivity contribution is 5.92. The van der Waals surface area contributed by atoms with Gasteiger partial charge in [-0.2, -0.15) is 0 Å². The van der Waals surface area contributed by atoms with Gasteiger partial charge in [-0.05, 0) is 56.3 Å². The number of rotatable bonds is 5. The average molecular weight is 349 g/mol. The molecule has 2 N–H and O–H groups in total. The first-order chi connectivity index (χ1) is 11.1. The van der Waals surface area contributed by atoms with E-state index in [1.807, 2.05) is 32.0 Å². The lowest BCUT2D eigenvalue weighted by Gasteiger charge is -2.31. The SMILES string of the molecule is Cc1ccnc(Oc2ccc(NC(=O)C(C)C3CNC3)cc2)n1.Cl. The summed E-state index contributed by atoms with van der Waals surface area (Å²) >= 11 is 0. The summed E-state index contributed by atoms with van der Waals surface area (Å²) in [6, 6.07) is 9.33. The van der Waals surface area contributed by atoms with Crippen LogP contribution in [0.25, 0.3) is 0 Å². The van der Waals surface area contributed by atoms with Gasteiger partial charge in [0.05, 0.1) is 0 Å². The molecule has 7 heteroatoms. The smallest absolute Gasteiger partial charge is 0.322 e. The first-order valence-electron chi connectivity index (χ1n) is 7.71. The number of benzene rings is 1. The first-order valence-corrected chi connectivity index (χ1v) is 7.71. The largest absolute Gasteiger partial charge is 0.424 e. The van der Waals surface area contributed by atoms with Crippen LogP contribution in [0.4, 0.5) is 5.69 Å². The molecule has 2 aromatic rings. The molecule has 1 fully saturated rings. The normalized spacial score (nSPS) is 14.9. The van der Waals surface area contributed by atoms with Gasteiger partial charge >= 0.3 is 6.01 Å². The number of aromatic nitrogens is 2. The summed E-state index contributed by atoms with van der Waals surface area (Å²) in [5, 5.41) is 6.12. The molecule has 0 spiro atoms. The molecule has 1 saturated heterocycles.